The Labute approximate surface area is 190 Å². The lowest BCUT2D eigenvalue weighted by Gasteiger charge is -2.23. The van der Waals surface area contributed by atoms with Crippen LogP contribution in [-0.4, -0.2) is 34.4 Å². The molecule has 0 radical (unpaired) electrons. The van der Waals surface area contributed by atoms with Gasteiger partial charge in [-0.3, -0.25) is 5.32 Å². The molecule has 9 nitrogen and oxygen atoms in total. The number of nitrogens with zero attached hydrogens (tertiary/aromatic N) is 2. The molecule has 2 heterocycles. The van der Waals surface area contributed by atoms with Gasteiger partial charge in [0.25, 0.3) is 5.89 Å². The zero-order chi connectivity index (χ0) is 21.8. The third-order valence-electron chi connectivity index (χ3n) is 4.34. The average Bonchev–Trinajstić information content (AvgIpc) is 3.15. The molecule has 1 amide bonds. The van der Waals surface area contributed by atoms with Crippen LogP contribution in [-0.2, 0) is 17.9 Å². The number of alkyl halides is 1. The minimum atomic E-state index is -0.706. The fraction of sp³-hybridized carbons (Fsp3) is 0.250. The normalized spacial score (nSPS) is 12.5. The van der Waals surface area contributed by atoms with Gasteiger partial charge in [-0.25, -0.2) is 9.59 Å². The Hall–Kier alpha value is -2.98. The lowest BCUT2D eigenvalue weighted by atomic mass is 10.1. The number of benzene rings is 2. The van der Waals surface area contributed by atoms with Gasteiger partial charge in [-0.05, 0) is 11.6 Å². The van der Waals surface area contributed by atoms with Gasteiger partial charge in [0.2, 0.25) is 0 Å². The second kappa shape index (κ2) is 9.44. The summed E-state index contributed by atoms with van der Waals surface area (Å²) < 4.78 is 23.1. The molecule has 3 aromatic rings. The van der Waals surface area contributed by atoms with Crippen molar-refractivity contribution < 1.29 is 23.4 Å². The van der Waals surface area contributed by atoms with E-state index in [0.717, 1.165) is 5.56 Å². The Morgan fingerprint density at radius 2 is 1.97 bits per heavy atom. The number of fused-ring (bicyclic) bond motifs is 1. The van der Waals surface area contributed by atoms with Crippen LogP contribution in [0.15, 0.2) is 45.6 Å². The first-order valence-corrected chi connectivity index (χ1v) is 10.8. The standard InChI is InChI=1S/C20H17BrClN3O6/c21-6-7-25-20(27)31-18(24-25)13-10-14(22)15(17-16(13)28-8-9-29-17)23-19(26)30-11-12-4-2-1-3-5-12/h1-5,10H,6-9,11H2,(H,23,26). The van der Waals surface area contributed by atoms with E-state index in [1.807, 2.05) is 30.3 Å². The van der Waals surface area contributed by atoms with Crippen molar-refractivity contribution in [3.05, 3.63) is 57.5 Å². The van der Waals surface area contributed by atoms with E-state index in [9.17, 15) is 9.59 Å². The summed E-state index contributed by atoms with van der Waals surface area (Å²) in [5.74, 6) is -0.0973. The number of anilines is 1. The lowest BCUT2D eigenvalue weighted by Crippen LogP contribution is -2.20. The van der Waals surface area contributed by atoms with E-state index in [1.54, 1.807) is 0 Å². The molecule has 0 spiro atoms. The van der Waals surface area contributed by atoms with Gasteiger partial charge in [-0.1, -0.05) is 57.9 Å². The molecule has 1 aliphatic heterocycles. The summed E-state index contributed by atoms with van der Waals surface area (Å²) in [7, 11) is 0. The zero-order valence-corrected chi connectivity index (χ0v) is 18.4. The molecule has 0 bridgehead atoms. The van der Waals surface area contributed by atoms with Crippen LogP contribution in [0.25, 0.3) is 11.5 Å². The highest BCUT2D eigenvalue weighted by Gasteiger charge is 2.28. The van der Waals surface area contributed by atoms with Gasteiger partial charge in [-0.2, -0.15) is 4.68 Å². The Kier molecular flexibility index (Phi) is 6.47. The zero-order valence-electron chi connectivity index (χ0n) is 16.1. The largest absolute Gasteiger partial charge is 0.485 e. The van der Waals surface area contributed by atoms with Crippen LogP contribution < -0.4 is 20.5 Å². The van der Waals surface area contributed by atoms with Crippen molar-refractivity contribution in [1.82, 2.24) is 9.78 Å². The monoisotopic (exact) mass is 509 g/mol. The van der Waals surface area contributed by atoms with E-state index >= 15 is 0 Å². The summed E-state index contributed by atoms with van der Waals surface area (Å²) in [5.41, 5.74) is 1.38. The Morgan fingerprint density at radius 1 is 1.23 bits per heavy atom. The van der Waals surface area contributed by atoms with Gasteiger partial charge < -0.3 is 18.6 Å². The highest BCUT2D eigenvalue weighted by Crippen LogP contribution is 2.48. The molecule has 4 rings (SSSR count). The number of halogens is 2. The van der Waals surface area contributed by atoms with Crippen molar-refractivity contribution in [2.45, 2.75) is 13.2 Å². The summed E-state index contributed by atoms with van der Waals surface area (Å²) in [6, 6.07) is 10.8. The van der Waals surface area contributed by atoms with Crippen molar-refractivity contribution in [2.75, 3.05) is 23.9 Å². The number of ether oxygens (including phenoxy) is 3. The molecule has 31 heavy (non-hydrogen) atoms. The quantitative estimate of drug-likeness (QED) is 0.498. The maximum absolute atomic E-state index is 12.3. The fourth-order valence-electron chi connectivity index (χ4n) is 2.95. The summed E-state index contributed by atoms with van der Waals surface area (Å²) in [4.78, 5) is 24.3. The number of carbonyl (C=O) groups excluding carboxylic acids is 1. The van der Waals surface area contributed by atoms with E-state index in [4.69, 9.17) is 30.2 Å². The number of hydrogen-bond donors (Lipinski definition) is 1. The Balaban J connectivity index is 1.62. The smallest absolute Gasteiger partial charge is 0.437 e. The lowest BCUT2D eigenvalue weighted by molar-refractivity contribution is 0.154. The molecule has 0 aliphatic carbocycles. The molecule has 0 fully saturated rings. The van der Waals surface area contributed by atoms with Crippen LogP contribution >= 0.6 is 27.5 Å². The summed E-state index contributed by atoms with van der Waals surface area (Å²) in [6.07, 6.45) is -0.706. The minimum absolute atomic E-state index is 0.0350. The molecule has 0 saturated heterocycles. The molecule has 0 atom stereocenters. The molecule has 1 aromatic heterocycles. The number of nitrogens with one attached hydrogen (secondary N) is 1. The highest BCUT2D eigenvalue weighted by atomic mass is 79.9. The molecule has 1 N–H and O–H groups in total. The second-order valence-corrected chi connectivity index (χ2v) is 7.61. The van der Waals surface area contributed by atoms with E-state index in [2.05, 4.69) is 26.3 Å². The molecular formula is C20H17BrClN3O6. The van der Waals surface area contributed by atoms with Crippen LogP contribution in [0.3, 0.4) is 0 Å². The number of rotatable bonds is 6. The predicted octanol–water partition coefficient (Wildman–Crippen LogP) is 4.07. The van der Waals surface area contributed by atoms with Gasteiger partial charge in [-0.15, -0.1) is 5.10 Å². The SMILES string of the molecule is O=C(Nc1c(Cl)cc(-c2nn(CCBr)c(=O)o2)c2c1OCCO2)OCc1ccccc1. The summed E-state index contributed by atoms with van der Waals surface area (Å²) >= 11 is 9.68. The number of carbonyl (C=O) groups is 1. The topological polar surface area (TPSA) is 105 Å². The van der Waals surface area contributed by atoms with E-state index in [-0.39, 0.29) is 47.9 Å². The van der Waals surface area contributed by atoms with Crippen molar-refractivity contribution in [2.24, 2.45) is 0 Å². The Bertz CT molecular complexity index is 1150. The number of aromatic nitrogens is 2. The maximum Gasteiger partial charge on any atom is 0.437 e. The Morgan fingerprint density at radius 3 is 2.71 bits per heavy atom. The molecule has 1 aliphatic rings. The van der Waals surface area contributed by atoms with Crippen molar-refractivity contribution in [3.63, 3.8) is 0 Å². The van der Waals surface area contributed by atoms with Crippen molar-refractivity contribution in [1.29, 1.82) is 0 Å². The third-order valence-corrected chi connectivity index (χ3v) is 4.99. The van der Waals surface area contributed by atoms with Crippen LogP contribution in [0, 0.1) is 0 Å². The number of hydrogen-bond acceptors (Lipinski definition) is 7. The predicted molar refractivity (Wildman–Crippen MR) is 116 cm³/mol. The van der Waals surface area contributed by atoms with Crippen LogP contribution in [0.2, 0.25) is 5.02 Å². The van der Waals surface area contributed by atoms with Gasteiger partial charge in [0.1, 0.15) is 25.5 Å². The third kappa shape index (κ3) is 4.70. The first kappa shape index (κ1) is 21.3. The van der Waals surface area contributed by atoms with Gasteiger partial charge in [0, 0.05) is 5.33 Å². The number of amides is 1. The minimum Gasteiger partial charge on any atom is -0.485 e. The molecule has 0 saturated carbocycles. The highest BCUT2D eigenvalue weighted by molar-refractivity contribution is 9.09. The summed E-state index contributed by atoms with van der Waals surface area (Å²) in [6.45, 7) is 0.953. The maximum atomic E-state index is 12.3. The second-order valence-electron chi connectivity index (χ2n) is 6.41. The molecule has 0 unspecified atom stereocenters. The van der Waals surface area contributed by atoms with Crippen molar-refractivity contribution in [3.8, 4) is 23.0 Å². The molecular weight excluding hydrogens is 494 g/mol. The van der Waals surface area contributed by atoms with E-state index in [0.29, 0.717) is 17.4 Å². The van der Waals surface area contributed by atoms with E-state index in [1.165, 1.54) is 10.7 Å². The van der Waals surface area contributed by atoms with Crippen LogP contribution in [0.1, 0.15) is 5.56 Å². The van der Waals surface area contributed by atoms with Crippen LogP contribution in [0.5, 0.6) is 11.5 Å². The fourth-order valence-corrected chi connectivity index (χ4v) is 3.53. The molecule has 11 heteroatoms. The number of aryl methyl sites for hydroxylation is 1. The van der Waals surface area contributed by atoms with Gasteiger partial charge >= 0.3 is 11.8 Å². The molecule has 162 valence electrons. The summed E-state index contributed by atoms with van der Waals surface area (Å²) in [5, 5.41) is 7.46. The van der Waals surface area contributed by atoms with Gasteiger partial charge in [0.05, 0.1) is 17.1 Å². The van der Waals surface area contributed by atoms with Crippen molar-refractivity contribution >= 4 is 39.3 Å². The average molecular weight is 511 g/mol. The first-order valence-electron chi connectivity index (χ1n) is 9.31. The first-order chi connectivity index (χ1) is 15.1. The molecule has 2 aromatic carbocycles. The van der Waals surface area contributed by atoms with E-state index < -0.39 is 11.8 Å². The van der Waals surface area contributed by atoms with Crippen LogP contribution in [0.4, 0.5) is 10.5 Å². The van der Waals surface area contributed by atoms with Gasteiger partial charge in [0.15, 0.2) is 11.5 Å².